The molecule has 0 atom stereocenters. The number of rotatable bonds is 11. The van der Waals surface area contributed by atoms with Crippen molar-refractivity contribution >= 4 is 6.09 Å². The lowest BCUT2D eigenvalue weighted by molar-refractivity contribution is 0.172. The number of nitrogens with one attached hydrogen (secondary N) is 3. The molecule has 0 radical (unpaired) electrons. The van der Waals surface area contributed by atoms with Crippen LogP contribution in [0, 0.1) is 20.8 Å². The first kappa shape index (κ1) is 87.1. The van der Waals surface area contributed by atoms with E-state index in [9.17, 15) is 4.79 Å². The van der Waals surface area contributed by atoms with E-state index < -0.39 is 0 Å². The molecule has 20 nitrogen and oxygen atoms in total. The highest BCUT2D eigenvalue weighted by Crippen LogP contribution is 2.22. The Bertz CT molecular complexity index is 3280. The molecule has 0 aromatic carbocycles. The summed E-state index contributed by atoms with van der Waals surface area (Å²) in [6.45, 7) is 52.8. The van der Waals surface area contributed by atoms with Crippen LogP contribution in [0.3, 0.4) is 0 Å². The highest BCUT2D eigenvalue weighted by molar-refractivity contribution is 5.71. The van der Waals surface area contributed by atoms with Gasteiger partial charge in [0.1, 0.15) is 29.8 Å². The highest BCUT2D eigenvalue weighted by Gasteiger charge is 2.13. The first-order valence-electron chi connectivity index (χ1n) is 34.4. The van der Waals surface area contributed by atoms with Crippen molar-refractivity contribution in [1.29, 1.82) is 0 Å². The number of aromatic amines is 3. The lowest BCUT2D eigenvalue weighted by atomic mass is 10.0. The minimum Gasteiger partial charge on any atom is -0.466 e. The van der Waals surface area contributed by atoms with E-state index in [0.29, 0.717) is 65.1 Å². The number of methoxy groups -OCH3 is 1. The van der Waals surface area contributed by atoms with Gasteiger partial charge in [-0.1, -0.05) is 163 Å². The number of aromatic nitrogens is 14. The molecule has 0 amide bonds. The first-order valence-corrected chi connectivity index (χ1v) is 34.4. The number of carbonyl (C=O) groups excluding carboxylic acids is 1. The third kappa shape index (κ3) is 34.3. The van der Waals surface area contributed by atoms with Crippen molar-refractivity contribution in [2.75, 3.05) is 7.11 Å². The van der Waals surface area contributed by atoms with Crippen molar-refractivity contribution in [3.8, 4) is 0 Å². The SMILES string of the molecule is CC(C)c1ccc[nH]1.CC(C)c1cccn1C.CC(C)c1ccn[nH]1.CC(C)c1ccnn1C.CC(C)c1cn[nH]c1.CC(C)c1cnn(C)c1.CC(C)c1cnoc1.CC(C)c1ncco1.COC(=O)n1cccc1C(C)C.Cc1ccc(C(C)C)o1.Cc1noc(C)c1C(C)C. The highest BCUT2D eigenvalue weighted by atomic mass is 16.5. The van der Waals surface area contributed by atoms with Gasteiger partial charge in [-0.2, -0.15) is 20.4 Å². The molecular formula is C78H124N14O6. The van der Waals surface area contributed by atoms with Gasteiger partial charge in [0.15, 0.2) is 5.89 Å². The van der Waals surface area contributed by atoms with Crippen LogP contribution < -0.4 is 0 Å². The largest absolute Gasteiger partial charge is 0.466 e. The van der Waals surface area contributed by atoms with Crippen molar-refractivity contribution in [2.24, 2.45) is 21.1 Å². The molecule has 0 bridgehead atoms. The molecule has 0 unspecified atom stereocenters. The number of H-pyrrole nitrogens is 3. The van der Waals surface area contributed by atoms with E-state index in [2.05, 4.69) is 221 Å². The topological polar surface area (TPSA) is 236 Å². The molecule has 11 aromatic heterocycles. The molecule has 11 heterocycles. The Morgan fingerprint density at radius 1 is 0.551 bits per heavy atom. The van der Waals surface area contributed by atoms with E-state index in [1.807, 2.05) is 152 Å². The number of oxazole rings is 1. The van der Waals surface area contributed by atoms with Crippen LogP contribution in [0.4, 0.5) is 4.79 Å². The molecule has 0 saturated heterocycles. The lowest BCUT2D eigenvalue weighted by Crippen LogP contribution is -2.13. The maximum atomic E-state index is 11.1. The third-order valence-corrected chi connectivity index (χ3v) is 14.8. The maximum Gasteiger partial charge on any atom is 0.417 e. The van der Waals surface area contributed by atoms with Gasteiger partial charge in [0.2, 0.25) is 0 Å². The van der Waals surface area contributed by atoms with Crippen LogP contribution in [0.5, 0.6) is 0 Å². The molecule has 0 aliphatic rings. The molecule has 0 spiro atoms. The van der Waals surface area contributed by atoms with E-state index in [0.717, 1.165) is 40.1 Å². The van der Waals surface area contributed by atoms with Crippen LogP contribution in [-0.2, 0) is 25.9 Å². The van der Waals surface area contributed by atoms with Gasteiger partial charge in [0.25, 0.3) is 0 Å². The average molecular weight is 1350 g/mol. The Morgan fingerprint density at radius 2 is 1.17 bits per heavy atom. The predicted molar refractivity (Wildman–Crippen MR) is 399 cm³/mol. The summed E-state index contributed by atoms with van der Waals surface area (Å²) in [6, 6.07) is 20.2. The normalized spacial score (nSPS) is 10.5. The molecule has 20 heteroatoms. The molecule has 0 aliphatic heterocycles. The Morgan fingerprint density at radius 3 is 1.44 bits per heavy atom. The lowest BCUT2D eigenvalue weighted by Gasteiger charge is -2.08. The molecule has 0 aliphatic carbocycles. The van der Waals surface area contributed by atoms with E-state index in [1.165, 1.54) is 51.1 Å². The number of aryl methyl sites for hydroxylation is 6. The summed E-state index contributed by atoms with van der Waals surface area (Å²) < 4.78 is 32.0. The Labute approximate surface area is 587 Å². The summed E-state index contributed by atoms with van der Waals surface area (Å²) in [5, 5.41) is 28.8. The first-order chi connectivity index (χ1) is 46.1. The Hall–Kier alpha value is -8.94. The molecule has 0 fully saturated rings. The quantitative estimate of drug-likeness (QED) is 0.109. The predicted octanol–water partition coefficient (Wildman–Crippen LogP) is 21.4. The van der Waals surface area contributed by atoms with Crippen LogP contribution in [0.2, 0.25) is 0 Å². The summed E-state index contributed by atoms with van der Waals surface area (Å²) in [7, 11) is 7.36. The van der Waals surface area contributed by atoms with Crippen molar-refractivity contribution in [2.45, 2.75) is 238 Å². The van der Waals surface area contributed by atoms with Crippen LogP contribution >= 0.6 is 0 Å². The number of furan rings is 1. The number of ether oxygens (including phenoxy) is 1. The summed E-state index contributed by atoms with van der Waals surface area (Å²) in [5.41, 5.74) is 12.2. The summed E-state index contributed by atoms with van der Waals surface area (Å²) >= 11 is 0. The molecule has 98 heavy (non-hydrogen) atoms. The van der Waals surface area contributed by atoms with E-state index in [1.54, 1.807) is 37.3 Å². The van der Waals surface area contributed by atoms with E-state index in [4.69, 9.17) is 13.4 Å². The number of hydrogen-bond acceptors (Lipinski definition) is 13. The second-order valence-corrected chi connectivity index (χ2v) is 27.0. The minimum absolute atomic E-state index is 0.330. The second-order valence-electron chi connectivity index (χ2n) is 27.0. The van der Waals surface area contributed by atoms with Crippen molar-refractivity contribution < 1.29 is 27.4 Å². The van der Waals surface area contributed by atoms with Crippen LogP contribution in [0.15, 0.2) is 159 Å². The molecule has 3 N–H and O–H groups in total. The van der Waals surface area contributed by atoms with E-state index >= 15 is 0 Å². The minimum atomic E-state index is -0.330. The van der Waals surface area contributed by atoms with Crippen LogP contribution in [0.25, 0.3) is 0 Å². The van der Waals surface area contributed by atoms with Gasteiger partial charge in [0.05, 0.1) is 37.6 Å². The smallest absolute Gasteiger partial charge is 0.417 e. The van der Waals surface area contributed by atoms with Gasteiger partial charge in [-0.15, -0.1) is 0 Å². The number of nitrogens with zero attached hydrogens (tertiary/aromatic N) is 11. The molecular weight excluding hydrogens is 1230 g/mol. The van der Waals surface area contributed by atoms with Gasteiger partial charge in [-0.25, -0.2) is 9.78 Å². The molecule has 11 rings (SSSR count). The van der Waals surface area contributed by atoms with Gasteiger partial charge in [-0.3, -0.25) is 24.1 Å². The zero-order valence-electron chi connectivity index (χ0n) is 65.0. The molecule has 11 aromatic rings. The van der Waals surface area contributed by atoms with Crippen molar-refractivity contribution in [1.82, 2.24) is 69.4 Å². The standard InChI is InChI=1S/C9H13NO2.C8H13NO.C8H13N.C8H12O.2C7H12N2.C7H11N.2C6H10N2.2C6H9NO/c1-7(2)8-5-4-6-10(8)9(11)12-3;1-5(2)8-6(3)9-10-7(8)4;1-7(2)8-5-4-6-9(8)3;1-6(2)8-5-4-7(3)9-8;1-6(2)7-4-8-9(3)5-7;1-6(2)7-4-5-8-9(7)3;1-6(2)7-4-3-5-8-7;1-5(2)6-3-7-8-4-6;1-5(2)6-3-4-7-8-6;1-5(2)6-3-7-8-4-6;1-5(2)6-7-3-4-8-6/h4-7H,1-3H3;5H,1-4H3;4-7H,1-3H3;3*4-6H,1-3H3;3-6,8H,1-2H3;2*3-5H,1-2H3,(H,7,8);2*3-5H,1-2H3. The fraction of sp³-hybridized carbons (Fsp3) is 0.513. The third-order valence-electron chi connectivity index (χ3n) is 14.8. The van der Waals surface area contributed by atoms with Crippen LogP contribution in [0.1, 0.15) is 297 Å². The van der Waals surface area contributed by atoms with E-state index in [-0.39, 0.29) is 6.09 Å². The average Bonchev–Trinajstić information content (AvgIpc) is 1.74. The maximum absolute atomic E-state index is 11.1. The van der Waals surface area contributed by atoms with Gasteiger partial charge >= 0.3 is 6.09 Å². The van der Waals surface area contributed by atoms with Crippen molar-refractivity contribution in [3.05, 3.63) is 221 Å². The fourth-order valence-corrected chi connectivity index (χ4v) is 8.86. The number of carbonyl (C=O) groups is 1. The second kappa shape index (κ2) is 47.1. The summed E-state index contributed by atoms with van der Waals surface area (Å²) in [5.74, 6) is 9.75. The summed E-state index contributed by atoms with van der Waals surface area (Å²) in [4.78, 5) is 18.2. The Kier molecular flexibility index (Phi) is 41.8. The Balaban J connectivity index is 0.000000540. The zero-order chi connectivity index (χ0) is 74.2. The number of hydrogen-bond donors (Lipinski definition) is 3. The van der Waals surface area contributed by atoms with Gasteiger partial charge in [-0.05, 0) is 146 Å². The van der Waals surface area contributed by atoms with Gasteiger partial charge < -0.3 is 32.2 Å². The molecule has 542 valence electrons. The van der Waals surface area contributed by atoms with Gasteiger partial charge in [0, 0.05) is 116 Å². The zero-order valence-corrected chi connectivity index (χ0v) is 65.0. The van der Waals surface area contributed by atoms with Crippen LogP contribution in [-0.4, -0.2) is 82.6 Å². The fourth-order valence-electron chi connectivity index (χ4n) is 8.86. The summed E-state index contributed by atoms with van der Waals surface area (Å²) in [6.07, 6.45) is 23.4. The molecule has 0 saturated carbocycles. The monoisotopic (exact) mass is 1350 g/mol. The van der Waals surface area contributed by atoms with Crippen molar-refractivity contribution in [3.63, 3.8) is 0 Å².